The Hall–Kier alpha value is -3.16. The number of nitrogens with two attached hydrogens (primary N) is 2. The first-order valence-electron chi connectivity index (χ1n) is 11.1. The van der Waals surface area contributed by atoms with Crippen LogP contribution in [-0.2, 0) is 11.2 Å². The van der Waals surface area contributed by atoms with Gasteiger partial charge in [0, 0.05) is 36.3 Å². The molecule has 2 aliphatic rings. The van der Waals surface area contributed by atoms with Crippen LogP contribution in [0.3, 0.4) is 0 Å². The molecule has 0 bridgehead atoms. The van der Waals surface area contributed by atoms with Crippen molar-refractivity contribution < 1.29 is 9.53 Å². The number of fused-ring (bicyclic) bond motifs is 1. The van der Waals surface area contributed by atoms with E-state index in [-0.39, 0.29) is 42.0 Å². The fraction of sp³-hybridized carbons (Fsp3) is 0.360. The Balaban J connectivity index is 1.40. The van der Waals surface area contributed by atoms with Gasteiger partial charge in [0.1, 0.15) is 5.69 Å². The predicted molar refractivity (Wildman–Crippen MR) is 122 cm³/mol. The number of ketones is 1. The van der Waals surface area contributed by atoms with Gasteiger partial charge in [-0.15, -0.1) is 0 Å². The number of benzene rings is 1. The fourth-order valence-electron chi connectivity index (χ4n) is 5.01. The highest BCUT2D eigenvalue weighted by molar-refractivity contribution is 5.99. The molecule has 3 heterocycles. The Morgan fingerprint density at radius 3 is 2.81 bits per heavy atom. The van der Waals surface area contributed by atoms with Gasteiger partial charge in [0.05, 0.1) is 24.1 Å². The van der Waals surface area contributed by atoms with Gasteiger partial charge in [-0.1, -0.05) is 36.8 Å². The van der Waals surface area contributed by atoms with Crippen LogP contribution in [-0.4, -0.2) is 32.9 Å². The number of rotatable bonds is 5. The summed E-state index contributed by atoms with van der Waals surface area (Å²) < 4.78 is 6.42. The molecule has 3 aromatic rings. The molecule has 2 fully saturated rings. The zero-order valence-corrected chi connectivity index (χ0v) is 17.9. The monoisotopic (exact) mass is 429 g/mol. The largest absolute Gasteiger partial charge is 0.382 e. The zero-order valence-electron chi connectivity index (χ0n) is 17.9. The Labute approximate surface area is 187 Å². The summed E-state index contributed by atoms with van der Waals surface area (Å²) in [5.74, 6) is 0.375. The van der Waals surface area contributed by atoms with Gasteiger partial charge in [-0.2, -0.15) is 0 Å². The number of nitrogen functional groups attached to an aromatic ring is 1. The Bertz CT molecular complexity index is 1120. The van der Waals surface area contributed by atoms with Crippen molar-refractivity contribution >= 4 is 11.6 Å². The van der Waals surface area contributed by atoms with Crippen LogP contribution in [0.5, 0.6) is 0 Å². The molecule has 4 N–H and O–H groups in total. The Kier molecular flexibility index (Phi) is 5.68. The molecule has 4 atom stereocenters. The van der Waals surface area contributed by atoms with Crippen LogP contribution < -0.4 is 11.5 Å². The average molecular weight is 430 g/mol. The van der Waals surface area contributed by atoms with Crippen molar-refractivity contribution in [1.82, 2.24) is 15.0 Å². The second kappa shape index (κ2) is 8.76. The summed E-state index contributed by atoms with van der Waals surface area (Å²) in [7, 11) is 0. The second-order valence-electron chi connectivity index (χ2n) is 8.69. The molecular weight excluding hydrogens is 402 g/mol. The molecule has 0 radical (unpaired) electrons. The van der Waals surface area contributed by atoms with Crippen LogP contribution in [0.1, 0.15) is 53.4 Å². The van der Waals surface area contributed by atoms with Crippen molar-refractivity contribution in [1.29, 1.82) is 0 Å². The minimum atomic E-state index is -0.194. The topological polar surface area (TPSA) is 117 Å². The van der Waals surface area contributed by atoms with Crippen LogP contribution in [0.2, 0.25) is 0 Å². The molecule has 0 spiro atoms. The van der Waals surface area contributed by atoms with Gasteiger partial charge in [0.15, 0.2) is 11.6 Å². The molecule has 1 aliphatic carbocycles. The minimum absolute atomic E-state index is 0.113. The van der Waals surface area contributed by atoms with Crippen LogP contribution >= 0.6 is 0 Å². The SMILES string of the molecule is Nc1ncc(-c2ccccc2)nc1C(=O)Cc1cnccc1[C@@H]1C[C@H](N)[C@@H]2CCC[C@@H]2O1. The molecule has 1 aliphatic heterocycles. The van der Waals surface area contributed by atoms with Crippen LogP contribution in [0.4, 0.5) is 5.82 Å². The van der Waals surface area contributed by atoms with Crippen molar-refractivity contribution in [2.24, 2.45) is 11.7 Å². The second-order valence-corrected chi connectivity index (χ2v) is 8.69. The van der Waals surface area contributed by atoms with Gasteiger partial charge < -0.3 is 16.2 Å². The molecule has 1 saturated heterocycles. The molecule has 7 heteroatoms. The first-order chi connectivity index (χ1) is 15.6. The molecule has 5 rings (SSSR count). The maximum atomic E-state index is 13.2. The van der Waals surface area contributed by atoms with E-state index in [0.29, 0.717) is 11.6 Å². The van der Waals surface area contributed by atoms with Crippen molar-refractivity contribution in [3.63, 3.8) is 0 Å². The van der Waals surface area contributed by atoms with Crippen molar-refractivity contribution in [2.45, 2.75) is 50.4 Å². The highest BCUT2D eigenvalue weighted by atomic mass is 16.5. The number of anilines is 1. The zero-order chi connectivity index (χ0) is 22.1. The summed E-state index contributed by atoms with van der Waals surface area (Å²) in [6, 6.07) is 11.7. The number of ether oxygens (including phenoxy) is 1. The summed E-state index contributed by atoms with van der Waals surface area (Å²) in [5.41, 5.74) is 16.0. The number of aromatic nitrogens is 3. The molecule has 0 amide bonds. The first kappa shape index (κ1) is 20.7. The summed E-state index contributed by atoms with van der Waals surface area (Å²) in [6.07, 6.45) is 9.35. The van der Waals surface area contributed by atoms with Gasteiger partial charge in [0.2, 0.25) is 0 Å². The van der Waals surface area contributed by atoms with Crippen molar-refractivity contribution in [3.05, 3.63) is 71.8 Å². The lowest BCUT2D eigenvalue weighted by molar-refractivity contribution is -0.0806. The summed E-state index contributed by atoms with van der Waals surface area (Å²) in [6.45, 7) is 0. The molecule has 1 saturated carbocycles. The molecule has 32 heavy (non-hydrogen) atoms. The number of hydrogen-bond acceptors (Lipinski definition) is 7. The number of Topliss-reactive ketones (excluding diaryl/α,β-unsaturated/α-hetero) is 1. The lowest BCUT2D eigenvalue weighted by atomic mass is 9.85. The molecule has 0 unspecified atom stereocenters. The molecular formula is C25H27N5O2. The van der Waals surface area contributed by atoms with E-state index in [1.165, 1.54) is 0 Å². The molecule has 1 aromatic carbocycles. The lowest BCUT2D eigenvalue weighted by Crippen LogP contribution is -2.43. The normalized spacial score (nSPS) is 24.8. The maximum absolute atomic E-state index is 13.2. The highest BCUT2D eigenvalue weighted by Gasteiger charge is 2.40. The number of carbonyl (C=O) groups is 1. The van der Waals surface area contributed by atoms with Crippen molar-refractivity contribution in [3.8, 4) is 11.3 Å². The van der Waals surface area contributed by atoms with E-state index in [1.54, 1.807) is 18.6 Å². The van der Waals surface area contributed by atoms with Gasteiger partial charge in [0.25, 0.3) is 0 Å². The lowest BCUT2D eigenvalue weighted by Gasteiger charge is -2.38. The Morgan fingerprint density at radius 2 is 1.97 bits per heavy atom. The average Bonchev–Trinajstić information content (AvgIpc) is 3.30. The molecule has 164 valence electrons. The molecule has 2 aromatic heterocycles. The van der Waals surface area contributed by atoms with Crippen LogP contribution in [0.15, 0.2) is 55.0 Å². The summed E-state index contributed by atoms with van der Waals surface area (Å²) in [4.78, 5) is 26.2. The van der Waals surface area contributed by atoms with E-state index >= 15 is 0 Å². The number of carbonyl (C=O) groups excluding carboxylic acids is 1. The third-order valence-corrected chi connectivity index (χ3v) is 6.65. The number of nitrogens with zero attached hydrogens (tertiary/aromatic N) is 3. The standard InChI is InChI=1S/C25H27N5O2/c26-19-12-23(32-22-8-4-7-18(19)22)17-9-10-28-13-16(17)11-21(31)24-25(27)29-14-20(30-24)15-5-2-1-3-6-15/h1-3,5-6,9-10,13-14,18-19,22-23H,4,7-8,11-12,26H2,(H2,27,29)/t18-,19-,22-,23-/m0/s1. The minimum Gasteiger partial charge on any atom is -0.382 e. The van der Waals surface area contributed by atoms with E-state index in [1.807, 2.05) is 36.4 Å². The van der Waals surface area contributed by atoms with Gasteiger partial charge in [-0.25, -0.2) is 9.97 Å². The summed E-state index contributed by atoms with van der Waals surface area (Å²) >= 11 is 0. The van der Waals surface area contributed by atoms with E-state index < -0.39 is 0 Å². The van der Waals surface area contributed by atoms with Crippen LogP contribution in [0.25, 0.3) is 11.3 Å². The van der Waals surface area contributed by atoms with E-state index in [2.05, 4.69) is 15.0 Å². The molecule has 7 nitrogen and oxygen atoms in total. The smallest absolute Gasteiger partial charge is 0.189 e. The van der Waals surface area contributed by atoms with Gasteiger partial charge >= 0.3 is 0 Å². The number of pyridine rings is 1. The van der Waals surface area contributed by atoms with Gasteiger partial charge in [-0.05, 0) is 36.5 Å². The van der Waals surface area contributed by atoms with Crippen LogP contribution in [0, 0.1) is 5.92 Å². The number of hydrogen-bond donors (Lipinski definition) is 2. The van der Waals surface area contributed by atoms with E-state index in [9.17, 15) is 4.79 Å². The quantitative estimate of drug-likeness (QED) is 0.596. The third-order valence-electron chi connectivity index (χ3n) is 6.65. The first-order valence-corrected chi connectivity index (χ1v) is 11.1. The highest BCUT2D eigenvalue weighted by Crippen LogP contribution is 2.42. The Morgan fingerprint density at radius 1 is 1.12 bits per heavy atom. The van der Waals surface area contributed by atoms with E-state index in [4.69, 9.17) is 16.2 Å². The predicted octanol–water partition coefficient (Wildman–Crippen LogP) is 3.50. The fourth-order valence-corrected chi connectivity index (χ4v) is 5.01. The van der Waals surface area contributed by atoms with Gasteiger partial charge in [-0.3, -0.25) is 9.78 Å². The third kappa shape index (κ3) is 4.01. The maximum Gasteiger partial charge on any atom is 0.189 e. The summed E-state index contributed by atoms with van der Waals surface area (Å²) in [5, 5.41) is 0. The van der Waals surface area contributed by atoms with E-state index in [0.717, 1.165) is 42.4 Å². The van der Waals surface area contributed by atoms with Crippen molar-refractivity contribution in [2.75, 3.05) is 5.73 Å².